The van der Waals surface area contributed by atoms with Gasteiger partial charge in [-0.05, 0) is 12.1 Å². The average molecular weight is 370 g/mol. The zero-order valence-electron chi connectivity index (χ0n) is 15.7. The Bertz CT molecular complexity index is 830. The summed E-state index contributed by atoms with van der Waals surface area (Å²) in [7, 11) is 4.20. The van der Waals surface area contributed by atoms with Crippen molar-refractivity contribution in [3.63, 3.8) is 0 Å². The van der Waals surface area contributed by atoms with E-state index in [0.29, 0.717) is 18.8 Å². The lowest BCUT2D eigenvalue weighted by atomic mass is 10.1. The Morgan fingerprint density at radius 3 is 2.96 bits per heavy atom. The van der Waals surface area contributed by atoms with Crippen molar-refractivity contribution in [3.05, 3.63) is 47.3 Å². The van der Waals surface area contributed by atoms with Gasteiger partial charge in [0.25, 0.3) is 0 Å². The number of rotatable bonds is 6. The third kappa shape index (κ3) is 3.87. The van der Waals surface area contributed by atoms with Crippen molar-refractivity contribution in [1.82, 2.24) is 15.0 Å². The average Bonchev–Trinajstić information content (AvgIpc) is 3.36. The molecule has 3 N–H and O–H groups in total. The van der Waals surface area contributed by atoms with Gasteiger partial charge in [-0.2, -0.15) is 5.26 Å². The van der Waals surface area contributed by atoms with Crippen LogP contribution in [0.25, 0.3) is 0 Å². The molecule has 4 atom stereocenters. The van der Waals surface area contributed by atoms with Gasteiger partial charge in [-0.25, -0.2) is 4.68 Å². The molecule has 1 aromatic heterocycles. The molecule has 4 rings (SSSR count). The molecule has 0 spiro atoms. The third-order valence-electron chi connectivity index (χ3n) is 5.21. The van der Waals surface area contributed by atoms with Gasteiger partial charge in [0.2, 0.25) is 0 Å². The van der Waals surface area contributed by atoms with Crippen LogP contribution in [0.3, 0.4) is 0 Å². The first kappa shape index (κ1) is 18.1. The topological polar surface area (TPSA) is 94.0 Å². The van der Waals surface area contributed by atoms with Crippen LogP contribution in [0.2, 0.25) is 0 Å². The second-order valence-electron chi connectivity index (χ2n) is 7.65. The van der Waals surface area contributed by atoms with Crippen LogP contribution < -0.4 is 10.2 Å². The molecule has 2 aliphatic rings. The maximum absolute atomic E-state index is 9.04. The highest BCUT2D eigenvalue weighted by atomic mass is 16.6. The highest BCUT2D eigenvalue weighted by Gasteiger charge is 2.50. The molecule has 8 heteroatoms. The van der Waals surface area contributed by atoms with E-state index in [1.807, 2.05) is 35.1 Å². The van der Waals surface area contributed by atoms with E-state index in [1.54, 1.807) is 0 Å². The zero-order chi connectivity index (χ0) is 18.8. The molecule has 2 aliphatic heterocycles. The Morgan fingerprint density at radius 2 is 2.15 bits per heavy atom. The van der Waals surface area contributed by atoms with E-state index < -0.39 is 0 Å². The van der Waals surface area contributed by atoms with Gasteiger partial charge in [-0.3, -0.25) is 0 Å². The first-order valence-electron chi connectivity index (χ1n) is 9.39. The summed E-state index contributed by atoms with van der Waals surface area (Å²) in [5, 5.41) is 19.9. The molecule has 2 saturated heterocycles. The number of hydrogen-bond acceptors (Lipinski definition) is 5. The van der Waals surface area contributed by atoms with E-state index in [1.165, 1.54) is 4.90 Å². The Hall–Kier alpha value is -2.31. The highest BCUT2D eigenvalue weighted by Crippen LogP contribution is 2.32. The summed E-state index contributed by atoms with van der Waals surface area (Å²) in [6.45, 7) is 2.91. The number of nitriles is 1. The minimum Gasteiger partial charge on any atom is -0.367 e. The van der Waals surface area contributed by atoms with Crippen molar-refractivity contribution in [3.8, 4) is 6.07 Å². The zero-order valence-corrected chi connectivity index (χ0v) is 15.7. The number of nitrogens with one attached hydrogen (secondary N) is 1. The fraction of sp³-hybridized carbons (Fsp3) is 0.526. The predicted octanol–water partition coefficient (Wildman–Crippen LogP) is -1.73. The molecule has 0 radical (unpaired) electrons. The van der Waals surface area contributed by atoms with E-state index in [-0.39, 0.29) is 24.3 Å². The number of fused-ring (bicyclic) bond motifs is 1. The van der Waals surface area contributed by atoms with Gasteiger partial charge in [0.1, 0.15) is 49.7 Å². The van der Waals surface area contributed by atoms with E-state index >= 15 is 0 Å². The van der Waals surface area contributed by atoms with Crippen LogP contribution in [0.5, 0.6) is 0 Å². The first-order valence-corrected chi connectivity index (χ1v) is 9.39. The maximum Gasteiger partial charge on any atom is 0.140 e. The van der Waals surface area contributed by atoms with E-state index in [4.69, 9.17) is 14.7 Å². The Balaban J connectivity index is 1.37. The molecule has 2 aromatic rings. The summed E-state index contributed by atoms with van der Waals surface area (Å²) in [5.74, 6) is 0. The molecule has 142 valence electrons. The van der Waals surface area contributed by atoms with Crippen molar-refractivity contribution in [2.24, 2.45) is 0 Å². The van der Waals surface area contributed by atoms with Crippen molar-refractivity contribution < 1.29 is 19.7 Å². The summed E-state index contributed by atoms with van der Waals surface area (Å²) < 4.78 is 14.1. The van der Waals surface area contributed by atoms with E-state index in [2.05, 4.69) is 35.8 Å². The molecular formula is C19H26N6O2+2. The number of nitrogens with two attached hydrogens (primary N) is 1. The molecule has 2 fully saturated rings. The summed E-state index contributed by atoms with van der Waals surface area (Å²) in [6, 6.07) is 10.3. The van der Waals surface area contributed by atoms with Crippen LogP contribution in [0.4, 0.5) is 0 Å². The second-order valence-corrected chi connectivity index (χ2v) is 7.65. The van der Waals surface area contributed by atoms with Crippen molar-refractivity contribution in [2.75, 3.05) is 27.3 Å². The molecule has 0 unspecified atom stereocenters. The maximum atomic E-state index is 9.04. The summed E-state index contributed by atoms with van der Waals surface area (Å²) >= 11 is 0. The minimum atomic E-state index is 0.0120. The molecule has 1 aromatic carbocycles. The number of benzene rings is 1. The molecule has 8 nitrogen and oxygen atoms in total. The van der Waals surface area contributed by atoms with E-state index in [9.17, 15) is 0 Å². The summed E-state index contributed by atoms with van der Waals surface area (Å²) in [6.07, 6.45) is 2.08. The largest absolute Gasteiger partial charge is 0.367 e. The number of aromatic nitrogens is 3. The smallest absolute Gasteiger partial charge is 0.140 e. The Kier molecular flexibility index (Phi) is 5.18. The van der Waals surface area contributed by atoms with Crippen molar-refractivity contribution >= 4 is 0 Å². The van der Waals surface area contributed by atoms with Crippen LogP contribution in [0.15, 0.2) is 30.5 Å². The minimum absolute atomic E-state index is 0.0120. The molecule has 0 saturated carbocycles. The molecule has 27 heavy (non-hydrogen) atoms. The van der Waals surface area contributed by atoms with Crippen LogP contribution in [-0.2, 0) is 22.6 Å². The SMILES string of the molecule is C[NH+](C)Cc1cn([C@H]2CO[C@H]3[C@@H]2OC[C@@H]3[NH2+]Cc2cccc(C#N)c2)nn1. The van der Waals surface area contributed by atoms with Gasteiger partial charge >= 0.3 is 0 Å². The quantitative estimate of drug-likeness (QED) is 0.630. The third-order valence-corrected chi connectivity index (χ3v) is 5.21. The lowest BCUT2D eigenvalue weighted by molar-refractivity contribution is -0.873. The van der Waals surface area contributed by atoms with Crippen molar-refractivity contribution in [1.29, 1.82) is 5.26 Å². The summed E-state index contributed by atoms with van der Waals surface area (Å²) in [5.41, 5.74) is 2.82. The lowest BCUT2D eigenvalue weighted by Crippen LogP contribution is -3.04. The lowest BCUT2D eigenvalue weighted by Gasteiger charge is -2.15. The Labute approximate surface area is 158 Å². The van der Waals surface area contributed by atoms with Gasteiger partial charge in [0.15, 0.2) is 0 Å². The van der Waals surface area contributed by atoms with E-state index in [0.717, 1.165) is 24.3 Å². The monoisotopic (exact) mass is 370 g/mol. The second kappa shape index (κ2) is 7.74. The number of ether oxygens (including phenoxy) is 2. The van der Waals surface area contributed by atoms with Gasteiger partial charge in [0, 0.05) is 5.56 Å². The van der Waals surface area contributed by atoms with Gasteiger partial charge in [-0.1, -0.05) is 17.3 Å². The summed E-state index contributed by atoms with van der Waals surface area (Å²) in [4.78, 5) is 1.31. The van der Waals surface area contributed by atoms with Crippen LogP contribution in [-0.4, -0.2) is 60.6 Å². The fourth-order valence-corrected chi connectivity index (χ4v) is 3.91. The van der Waals surface area contributed by atoms with Gasteiger partial charge in [-0.15, -0.1) is 5.10 Å². The number of quaternary nitrogens is 2. The van der Waals surface area contributed by atoms with Gasteiger partial charge in [0.05, 0.1) is 38.5 Å². The van der Waals surface area contributed by atoms with Crippen LogP contribution >= 0.6 is 0 Å². The molecular weight excluding hydrogens is 344 g/mol. The standard InChI is InChI=1S/C19H24N6O2/c1-24(2)9-15-10-25(23-22-15)17-12-27-18-16(11-26-19(17)18)21-8-14-5-3-4-13(6-14)7-20/h3-6,10,16-19,21H,8-9,11-12H2,1-2H3/p+2/t16-,17-,18+,19+/m0/s1. The Morgan fingerprint density at radius 1 is 1.30 bits per heavy atom. The molecule has 0 amide bonds. The number of hydrogen-bond donors (Lipinski definition) is 2. The number of nitrogens with zero attached hydrogens (tertiary/aromatic N) is 4. The fourth-order valence-electron chi connectivity index (χ4n) is 3.91. The molecule has 3 heterocycles. The first-order chi connectivity index (χ1) is 13.1. The molecule has 0 bridgehead atoms. The van der Waals surface area contributed by atoms with Crippen molar-refractivity contribution in [2.45, 2.75) is 37.4 Å². The molecule has 0 aliphatic carbocycles. The van der Waals surface area contributed by atoms with Crippen LogP contribution in [0, 0.1) is 11.3 Å². The van der Waals surface area contributed by atoms with Crippen LogP contribution in [0.1, 0.15) is 22.9 Å². The predicted molar refractivity (Wildman–Crippen MR) is 95.6 cm³/mol. The normalized spacial score (nSPS) is 27.0. The van der Waals surface area contributed by atoms with Gasteiger partial charge < -0.3 is 19.7 Å². The highest BCUT2D eigenvalue weighted by molar-refractivity contribution is 5.32.